The van der Waals surface area contributed by atoms with Gasteiger partial charge in [0.25, 0.3) is 5.85 Å². The Balaban J connectivity index is 4.46. The molecule has 0 aliphatic rings. The molecule has 0 saturated heterocycles. The molecule has 0 radical (unpaired) electrons. The van der Waals surface area contributed by atoms with E-state index in [1.807, 2.05) is 0 Å². The van der Waals surface area contributed by atoms with Crippen molar-refractivity contribution in [2.24, 2.45) is 0 Å². The maximum absolute atomic E-state index is 11.4. The molecule has 0 rings (SSSR count). The first-order valence-corrected chi connectivity index (χ1v) is 5.45. The van der Waals surface area contributed by atoms with Gasteiger partial charge in [0.05, 0.1) is 13.7 Å². The Hall–Kier alpha value is -1.13. The molecule has 7 heteroatoms. The number of methoxy groups -OCH3 is 1. The highest BCUT2D eigenvalue weighted by Crippen LogP contribution is 2.31. The van der Waals surface area contributed by atoms with Gasteiger partial charge < -0.3 is 14.0 Å². The molecule has 2 atom stereocenters. The van der Waals surface area contributed by atoms with Crippen LogP contribution < -0.4 is 0 Å². The molecule has 15 heavy (non-hydrogen) atoms. The van der Waals surface area contributed by atoms with Crippen LogP contribution in [0.1, 0.15) is 6.92 Å². The number of ether oxygens (including phenoxy) is 2. The first-order valence-electron chi connectivity index (χ1n) is 4.05. The summed E-state index contributed by atoms with van der Waals surface area (Å²) in [6.07, 6.45) is 1.37. The van der Waals surface area contributed by atoms with Crippen LogP contribution in [-0.4, -0.2) is 31.5 Å². The SMILES string of the molecule is C=CCO[PH](=O)C(OC(C)=O)C(=O)OC. The zero-order valence-electron chi connectivity index (χ0n) is 8.52. The molecule has 0 bridgehead atoms. The van der Waals surface area contributed by atoms with Crippen LogP contribution in [0.15, 0.2) is 12.7 Å². The van der Waals surface area contributed by atoms with Crippen molar-refractivity contribution in [1.29, 1.82) is 0 Å². The van der Waals surface area contributed by atoms with Crippen LogP contribution in [0.5, 0.6) is 0 Å². The molecule has 6 nitrogen and oxygen atoms in total. The van der Waals surface area contributed by atoms with E-state index >= 15 is 0 Å². The van der Waals surface area contributed by atoms with Gasteiger partial charge in [-0.2, -0.15) is 0 Å². The second-order valence-corrected chi connectivity index (χ2v) is 3.88. The zero-order chi connectivity index (χ0) is 11.8. The van der Waals surface area contributed by atoms with Gasteiger partial charge in [-0.25, -0.2) is 4.79 Å². The van der Waals surface area contributed by atoms with Crippen molar-refractivity contribution >= 4 is 20.0 Å². The fraction of sp³-hybridized carbons (Fsp3) is 0.500. The van der Waals surface area contributed by atoms with Crippen molar-refractivity contribution in [2.45, 2.75) is 12.8 Å². The Morgan fingerprint density at radius 2 is 2.13 bits per heavy atom. The summed E-state index contributed by atoms with van der Waals surface area (Å²) < 4.78 is 24.9. The minimum absolute atomic E-state index is 0.00650. The van der Waals surface area contributed by atoms with Gasteiger partial charge in [0.2, 0.25) is 8.03 Å². The lowest BCUT2D eigenvalue weighted by molar-refractivity contribution is -0.159. The lowest BCUT2D eigenvalue weighted by atomic mass is 10.7. The molecule has 0 spiro atoms. The Morgan fingerprint density at radius 3 is 2.53 bits per heavy atom. The normalized spacial score (nSPS) is 13.7. The first kappa shape index (κ1) is 13.9. The summed E-state index contributed by atoms with van der Waals surface area (Å²) in [7, 11) is -1.74. The monoisotopic (exact) mass is 236 g/mol. The first-order chi connectivity index (χ1) is 7.02. The standard InChI is InChI=1S/C8H13O6P/c1-4-5-13-15(11)8(7(10)12-3)14-6(2)9/h4,8,15H,1,5H2,2-3H3. The topological polar surface area (TPSA) is 78.9 Å². The number of hydrogen-bond acceptors (Lipinski definition) is 6. The summed E-state index contributed by atoms with van der Waals surface area (Å²) in [5.41, 5.74) is 0. The van der Waals surface area contributed by atoms with Gasteiger partial charge in [0.15, 0.2) is 0 Å². The predicted octanol–water partition coefficient (Wildman–Crippen LogP) is 0.726. The van der Waals surface area contributed by atoms with Crippen LogP contribution in [-0.2, 0) is 28.2 Å². The minimum atomic E-state index is -2.84. The highest BCUT2D eigenvalue weighted by Gasteiger charge is 2.29. The average Bonchev–Trinajstić information content (AvgIpc) is 2.21. The molecule has 0 heterocycles. The van der Waals surface area contributed by atoms with Crippen molar-refractivity contribution in [2.75, 3.05) is 13.7 Å². The maximum atomic E-state index is 11.4. The van der Waals surface area contributed by atoms with E-state index in [1.165, 1.54) is 6.08 Å². The molecule has 86 valence electrons. The Kier molecular flexibility index (Phi) is 6.66. The Labute approximate surface area is 88.1 Å². The summed E-state index contributed by atoms with van der Waals surface area (Å²) in [5, 5.41) is 0. The van der Waals surface area contributed by atoms with Crippen LogP contribution >= 0.6 is 8.03 Å². The molecule has 0 aliphatic carbocycles. The molecule has 0 aromatic rings. The van der Waals surface area contributed by atoms with E-state index in [9.17, 15) is 14.2 Å². The van der Waals surface area contributed by atoms with Gasteiger partial charge in [-0.15, -0.1) is 6.58 Å². The van der Waals surface area contributed by atoms with E-state index in [0.29, 0.717) is 0 Å². The molecule has 0 aromatic carbocycles. The molecule has 2 unspecified atom stereocenters. The average molecular weight is 236 g/mol. The molecule has 0 N–H and O–H groups in total. The number of rotatable bonds is 6. The van der Waals surface area contributed by atoms with E-state index in [2.05, 4.69) is 16.1 Å². The molecule has 0 saturated carbocycles. The van der Waals surface area contributed by atoms with E-state index in [4.69, 9.17) is 4.52 Å². The van der Waals surface area contributed by atoms with Gasteiger partial charge in [-0.1, -0.05) is 6.08 Å². The van der Waals surface area contributed by atoms with Crippen molar-refractivity contribution < 1.29 is 28.2 Å². The second kappa shape index (κ2) is 7.20. The van der Waals surface area contributed by atoms with Gasteiger partial charge in [-0.3, -0.25) is 9.36 Å². The molecule has 0 amide bonds. The third kappa shape index (κ3) is 5.34. The highest BCUT2D eigenvalue weighted by molar-refractivity contribution is 7.41. The van der Waals surface area contributed by atoms with Gasteiger partial charge in [-0.05, 0) is 0 Å². The lowest BCUT2D eigenvalue weighted by Gasteiger charge is -2.13. The Morgan fingerprint density at radius 1 is 1.53 bits per heavy atom. The van der Waals surface area contributed by atoms with E-state index in [1.54, 1.807) is 0 Å². The smallest absolute Gasteiger partial charge is 0.357 e. The fourth-order valence-electron chi connectivity index (χ4n) is 0.682. The lowest BCUT2D eigenvalue weighted by Crippen LogP contribution is -2.24. The van der Waals surface area contributed by atoms with Crippen LogP contribution in [0.4, 0.5) is 0 Å². The van der Waals surface area contributed by atoms with Gasteiger partial charge in [0.1, 0.15) is 0 Å². The fourth-order valence-corrected chi connectivity index (χ4v) is 1.69. The summed E-state index contributed by atoms with van der Waals surface area (Å²) in [5.74, 6) is -3.12. The van der Waals surface area contributed by atoms with E-state index < -0.39 is 25.8 Å². The largest absolute Gasteiger partial charge is 0.466 e. The van der Waals surface area contributed by atoms with Crippen molar-refractivity contribution in [3.8, 4) is 0 Å². The molecule has 0 aromatic heterocycles. The molecule has 0 aliphatic heterocycles. The van der Waals surface area contributed by atoms with Gasteiger partial charge in [0, 0.05) is 6.92 Å². The van der Waals surface area contributed by atoms with E-state index in [0.717, 1.165) is 14.0 Å². The van der Waals surface area contributed by atoms with Gasteiger partial charge >= 0.3 is 11.9 Å². The van der Waals surface area contributed by atoms with Crippen LogP contribution in [0.2, 0.25) is 0 Å². The second-order valence-electron chi connectivity index (χ2n) is 2.43. The summed E-state index contributed by atoms with van der Waals surface area (Å²) in [4.78, 5) is 21.7. The highest BCUT2D eigenvalue weighted by atomic mass is 31.1. The molecular formula is C8H13O6P. The molecule has 0 fully saturated rings. The quantitative estimate of drug-likeness (QED) is 0.384. The third-order valence-electron chi connectivity index (χ3n) is 1.26. The third-order valence-corrected chi connectivity index (χ3v) is 2.49. The predicted molar refractivity (Wildman–Crippen MR) is 52.7 cm³/mol. The van der Waals surface area contributed by atoms with Crippen LogP contribution in [0.3, 0.4) is 0 Å². The van der Waals surface area contributed by atoms with Crippen LogP contribution in [0, 0.1) is 0 Å². The maximum Gasteiger partial charge on any atom is 0.357 e. The summed E-state index contributed by atoms with van der Waals surface area (Å²) >= 11 is 0. The summed E-state index contributed by atoms with van der Waals surface area (Å²) in [6.45, 7) is 4.45. The molecular weight excluding hydrogens is 223 g/mol. The zero-order valence-corrected chi connectivity index (χ0v) is 9.52. The summed E-state index contributed by atoms with van der Waals surface area (Å²) in [6, 6.07) is 0. The number of carbonyl (C=O) groups is 2. The van der Waals surface area contributed by atoms with Crippen molar-refractivity contribution in [3.63, 3.8) is 0 Å². The van der Waals surface area contributed by atoms with E-state index in [-0.39, 0.29) is 6.61 Å². The van der Waals surface area contributed by atoms with Crippen molar-refractivity contribution in [3.05, 3.63) is 12.7 Å². The number of carbonyl (C=O) groups excluding carboxylic acids is 2. The van der Waals surface area contributed by atoms with Crippen molar-refractivity contribution in [1.82, 2.24) is 0 Å². The number of hydrogen-bond donors (Lipinski definition) is 0. The van der Waals surface area contributed by atoms with Crippen LogP contribution in [0.25, 0.3) is 0 Å². The minimum Gasteiger partial charge on any atom is -0.466 e. The Bertz CT molecular complexity index is 274. The number of esters is 2.